The summed E-state index contributed by atoms with van der Waals surface area (Å²) in [5.74, 6) is -3.52. The summed E-state index contributed by atoms with van der Waals surface area (Å²) < 4.78 is 24.9. The van der Waals surface area contributed by atoms with Gasteiger partial charge in [-0.25, -0.2) is 4.79 Å². The van der Waals surface area contributed by atoms with Gasteiger partial charge in [-0.15, -0.1) is 0 Å². The van der Waals surface area contributed by atoms with Gasteiger partial charge in [-0.05, 0) is 57.0 Å². The molecule has 13 heteroatoms. The van der Waals surface area contributed by atoms with Crippen LogP contribution in [0, 0.1) is 0 Å². The molecular formula is C44H51N3O10. The number of ether oxygens (including phenoxy) is 4. The molecule has 4 atom stereocenters. The molecule has 1 heterocycles. The zero-order chi connectivity index (χ0) is 41.2. The van der Waals surface area contributed by atoms with Crippen molar-refractivity contribution in [2.75, 3.05) is 27.2 Å². The minimum atomic E-state index is -1.38. The summed E-state index contributed by atoms with van der Waals surface area (Å²) in [6, 6.07) is 24.7. The summed E-state index contributed by atoms with van der Waals surface area (Å²) in [6.45, 7) is 4.88. The van der Waals surface area contributed by atoms with Crippen LogP contribution in [0.3, 0.4) is 0 Å². The highest BCUT2D eigenvalue weighted by Gasteiger charge is 2.55. The minimum absolute atomic E-state index is 0.00131. The van der Waals surface area contributed by atoms with E-state index in [0.29, 0.717) is 16.7 Å². The standard InChI is InChI=1S/C44H51N3O10/c1-43(2,3)56-39(51)23-21-34(28-48)46-37(49)24-25-45-41(52)31-26-35(54-42(53)30-19-16-29(17-20-30)18-22-38(50)47(4)5)40-36(27-31)55-44(57-40,32-12-8-6-9-13-32)33-14-10-7-11-15-33/h6-20,22,27,34-36,40,48H,21,23-26,28H2,1-5H3,(H,45,52)(H,46,49). The van der Waals surface area contributed by atoms with Gasteiger partial charge in [0.25, 0.3) is 0 Å². The quantitative estimate of drug-likeness (QED) is 0.148. The van der Waals surface area contributed by atoms with Gasteiger partial charge in [-0.2, -0.15) is 0 Å². The molecule has 3 amide bonds. The summed E-state index contributed by atoms with van der Waals surface area (Å²) in [5.41, 5.74) is 2.04. The number of aliphatic hydroxyl groups excluding tert-OH is 1. The van der Waals surface area contributed by atoms with Gasteiger partial charge in [0.05, 0.1) is 18.2 Å². The van der Waals surface area contributed by atoms with Crippen LogP contribution in [0.1, 0.15) is 73.5 Å². The minimum Gasteiger partial charge on any atom is -0.460 e. The van der Waals surface area contributed by atoms with Crippen LogP contribution < -0.4 is 10.6 Å². The number of carbonyl (C=O) groups excluding carboxylic acids is 5. The van der Waals surface area contributed by atoms with Crippen molar-refractivity contribution in [2.45, 2.75) is 82.2 Å². The number of amides is 3. The molecule has 0 radical (unpaired) electrons. The van der Waals surface area contributed by atoms with E-state index < -0.39 is 59.5 Å². The molecule has 0 bridgehead atoms. The predicted molar refractivity (Wildman–Crippen MR) is 211 cm³/mol. The third kappa shape index (κ3) is 11.5. The Labute approximate surface area is 333 Å². The number of aliphatic hydroxyl groups is 1. The van der Waals surface area contributed by atoms with Crippen LogP contribution in [-0.2, 0) is 43.9 Å². The van der Waals surface area contributed by atoms with E-state index in [2.05, 4.69) is 10.6 Å². The Balaban J connectivity index is 1.31. The van der Waals surface area contributed by atoms with E-state index in [1.807, 2.05) is 60.7 Å². The Morgan fingerprint density at radius 3 is 2.12 bits per heavy atom. The molecule has 1 aliphatic carbocycles. The smallest absolute Gasteiger partial charge is 0.338 e. The molecule has 3 aromatic rings. The van der Waals surface area contributed by atoms with Crippen LogP contribution in [-0.4, -0.2) is 96.9 Å². The van der Waals surface area contributed by atoms with Gasteiger partial charge in [0.2, 0.25) is 23.5 Å². The molecule has 0 aromatic heterocycles. The van der Waals surface area contributed by atoms with Gasteiger partial charge >= 0.3 is 11.9 Å². The third-order valence-electron chi connectivity index (χ3n) is 9.28. The highest BCUT2D eigenvalue weighted by atomic mass is 16.8. The predicted octanol–water partition coefficient (Wildman–Crippen LogP) is 4.43. The molecule has 13 nitrogen and oxygen atoms in total. The Bertz CT molecular complexity index is 1900. The van der Waals surface area contributed by atoms with Crippen LogP contribution in [0.25, 0.3) is 6.08 Å². The number of likely N-dealkylation sites (N-methyl/N-ethyl adjacent to an activating group) is 1. The average Bonchev–Trinajstić information content (AvgIpc) is 3.60. The lowest BCUT2D eigenvalue weighted by Gasteiger charge is -2.31. The Kier molecular flexibility index (Phi) is 14.2. The van der Waals surface area contributed by atoms with Gasteiger partial charge in [-0.3, -0.25) is 19.2 Å². The molecule has 57 heavy (non-hydrogen) atoms. The number of rotatable bonds is 15. The van der Waals surface area contributed by atoms with Crippen molar-refractivity contribution < 1.29 is 48.0 Å². The van der Waals surface area contributed by atoms with Crippen molar-refractivity contribution in [2.24, 2.45) is 0 Å². The number of esters is 2. The van der Waals surface area contributed by atoms with Gasteiger partial charge in [0.1, 0.15) is 23.9 Å². The maximum atomic E-state index is 13.7. The van der Waals surface area contributed by atoms with Gasteiger partial charge < -0.3 is 39.6 Å². The van der Waals surface area contributed by atoms with Crippen LogP contribution in [0.4, 0.5) is 0 Å². The lowest BCUT2D eigenvalue weighted by atomic mass is 9.91. The number of nitrogens with one attached hydrogen (secondary N) is 2. The second-order valence-corrected chi connectivity index (χ2v) is 15.1. The van der Waals surface area contributed by atoms with Crippen molar-refractivity contribution in [3.63, 3.8) is 0 Å². The second-order valence-electron chi connectivity index (χ2n) is 15.1. The Hall–Kier alpha value is -5.63. The van der Waals surface area contributed by atoms with Crippen LogP contribution in [0.15, 0.2) is 103 Å². The summed E-state index contributed by atoms with van der Waals surface area (Å²) >= 11 is 0. The summed E-state index contributed by atoms with van der Waals surface area (Å²) in [4.78, 5) is 65.6. The average molecular weight is 782 g/mol. The largest absolute Gasteiger partial charge is 0.460 e. The second kappa shape index (κ2) is 19.0. The van der Waals surface area contributed by atoms with E-state index in [0.717, 1.165) is 0 Å². The molecule has 5 rings (SSSR count). The van der Waals surface area contributed by atoms with Crippen LogP contribution in [0.5, 0.6) is 0 Å². The molecule has 2 aliphatic rings. The molecule has 302 valence electrons. The van der Waals surface area contributed by atoms with E-state index in [-0.39, 0.29) is 55.9 Å². The fraction of sp³-hybridized carbons (Fsp3) is 0.386. The zero-order valence-corrected chi connectivity index (χ0v) is 32.9. The first-order valence-electron chi connectivity index (χ1n) is 19.0. The van der Waals surface area contributed by atoms with Crippen molar-refractivity contribution in [3.05, 3.63) is 125 Å². The van der Waals surface area contributed by atoms with Crippen LogP contribution in [0.2, 0.25) is 0 Å². The molecule has 3 aromatic carbocycles. The number of hydrogen-bond donors (Lipinski definition) is 3. The first-order chi connectivity index (χ1) is 27.2. The van der Waals surface area contributed by atoms with Crippen molar-refractivity contribution in [3.8, 4) is 0 Å². The van der Waals surface area contributed by atoms with E-state index in [9.17, 15) is 29.1 Å². The summed E-state index contributed by atoms with van der Waals surface area (Å²) in [7, 11) is 3.31. The number of benzene rings is 3. The topological polar surface area (TPSA) is 170 Å². The van der Waals surface area contributed by atoms with Crippen LogP contribution >= 0.6 is 0 Å². The molecule has 0 spiro atoms. The molecular weight excluding hydrogens is 730 g/mol. The maximum Gasteiger partial charge on any atom is 0.338 e. The highest BCUT2D eigenvalue weighted by molar-refractivity contribution is 5.95. The fourth-order valence-corrected chi connectivity index (χ4v) is 6.44. The van der Waals surface area contributed by atoms with Crippen molar-refractivity contribution in [1.82, 2.24) is 15.5 Å². The number of fused-ring (bicyclic) bond motifs is 1. The summed E-state index contributed by atoms with van der Waals surface area (Å²) in [6.07, 6.45) is 2.32. The van der Waals surface area contributed by atoms with Gasteiger partial charge in [0, 0.05) is 62.7 Å². The van der Waals surface area contributed by atoms with Gasteiger partial charge in [-0.1, -0.05) is 72.8 Å². The van der Waals surface area contributed by atoms with Gasteiger partial charge in [0.15, 0.2) is 0 Å². The normalized spacial score (nSPS) is 19.1. The molecule has 3 N–H and O–H groups in total. The summed E-state index contributed by atoms with van der Waals surface area (Å²) in [5, 5.41) is 15.2. The molecule has 1 fully saturated rings. The lowest BCUT2D eigenvalue weighted by Crippen LogP contribution is -2.44. The maximum absolute atomic E-state index is 13.7. The first kappa shape index (κ1) is 42.5. The number of carbonyl (C=O) groups is 5. The van der Waals surface area contributed by atoms with Crippen molar-refractivity contribution in [1.29, 1.82) is 0 Å². The molecule has 4 unspecified atom stereocenters. The highest BCUT2D eigenvalue weighted by Crippen LogP contribution is 2.47. The molecule has 1 aliphatic heterocycles. The van der Waals surface area contributed by atoms with E-state index >= 15 is 0 Å². The number of hydrogen-bond acceptors (Lipinski definition) is 10. The molecule has 1 saturated heterocycles. The Morgan fingerprint density at radius 2 is 1.54 bits per heavy atom. The zero-order valence-electron chi connectivity index (χ0n) is 32.9. The monoisotopic (exact) mass is 781 g/mol. The van der Waals surface area contributed by atoms with E-state index in [4.69, 9.17) is 18.9 Å². The third-order valence-corrected chi connectivity index (χ3v) is 9.28. The van der Waals surface area contributed by atoms with E-state index in [1.54, 1.807) is 71.3 Å². The lowest BCUT2D eigenvalue weighted by molar-refractivity contribution is -0.157. The van der Waals surface area contributed by atoms with Crippen molar-refractivity contribution >= 4 is 35.7 Å². The van der Waals surface area contributed by atoms with E-state index in [1.165, 1.54) is 11.0 Å². The molecule has 0 saturated carbocycles. The fourth-order valence-electron chi connectivity index (χ4n) is 6.44. The number of nitrogens with zero attached hydrogens (tertiary/aromatic N) is 1. The first-order valence-corrected chi connectivity index (χ1v) is 19.0. The Morgan fingerprint density at radius 1 is 0.912 bits per heavy atom. The SMILES string of the molecule is CN(C)C(=O)C=Cc1ccc(C(=O)OC2CC(C(=O)NCCC(=O)NC(CO)CCC(=O)OC(C)(C)C)=CC3OC(c4ccccc4)(c4ccccc4)OC32)cc1.